The van der Waals surface area contributed by atoms with Gasteiger partial charge in [-0.1, -0.05) is 50.2 Å². The quantitative estimate of drug-likeness (QED) is 0.844. The Morgan fingerprint density at radius 3 is 2.18 bits per heavy atom. The average Bonchev–Trinajstić information content (AvgIpc) is 2.33. The van der Waals surface area contributed by atoms with Crippen molar-refractivity contribution in [3.8, 4) is 5.75 Å². The molecule has 0 fully saturated rings. The number of phenols is 1. The lowest BCUT2D eigenvalue weighted by molar-refractivity contribution is 0.474. The van der Waals surface area contributed by atoms with E-state index in [0.29, 0.717) is 5.75 Å². The summed E-state index contributed by atoms with van der Waals surface area (Å²) >= 11 is 0. The summed E-state index contributed by atoms with van der Waals surface area (Å²) in [5.41, 5.74) is 2.64. The van der Waals surface area contributed by atoms with Gasteiger partial charge in [0.15, 0.2) is 0 Å². The van der Waals surface area contributed by atoms with E-state index in [1.807, 2.05) is 24.3 Å². The maximum atomic E-state index is 9.27. The van der Waals surface area contributed by atoms with Gasteiger partial charge in [-0.25, -0.2) is 0 Å². The second kappa shape index (κ2) is 4.62. The number of hydrogen-bond acceptors (Lipinski definition) is 1. The number of hydrogen-bond donors (Lipinski definition) is 1. The summed E-state index contributed by atoms with van der Waals surface area (Å²) in [7, 11) is 0. The molecule has 0 amide bonds. The minimum atomic E-state index is 0.0894. The fourth-order valence-electron chi connectivity index (χ4n) is 2.06. The fraction of sp³-hybridized carbons (Fsp3) is 0.250. The van der Waals surface area contributed by atoms with Crippen LogP contribution in [0.25, 0.3) is 0 Å². The van der Waals surface area contributed by atoms with Crippen LogP contribution in [0.15, 0.2) is 48.5 Å². The van der Waals surface area contributed by atoms with Crippen molar-refractivity contribution < 1.29 is 5.11 Å². The molecule has 1 nitrogen and oxygen atoms in total. The molecule has 0 aromatic heterocycles. The molecule has 87 valence electrons. The van der Waals surface area contributed by atoms with E-state index < -0.39 is 0 Å². The van der Waals surface area contributed by atoms with Crippen molar-refractivity contribution in [2.75, 3.05) is 0 Å². The van der Waals surface area contributed by atoms with Gasteiger partial charge in [0, 0.05) is 0 Å². The third-order valence-electron chi connectivity index (χ3n) is 3.08. The van der Waals surface area contributed by atoms with Gasteiger partial charge in [-0.2, -0.15) is 0 Å². The minimum absolute atomic E-state index is 0.0894. The molecule has 0 bridgehead atoms. The molecule has 0 unspecified atom stereocenters. The molecule has 0 aliphatic heterocycles. The Balaban J connectivity index is 2.20. The highest BCUT2D eigenvalue weighted by molar-refractivity contribution is 5.30. The van der Waals surface area contributed by atoms with Gasteiger partial charge >= 0.3 is 0 Å². The molecule has 1 radical (unpaired) electrons. The van der Waals surface area contributed by atoms with Crippen LogP contribution >= 0.6 is 0 Å². The predicted octanol–water partition coefficient (Wildman–Crippen LogP) is 3.71. The van der Waals surface area contributed by atoms with E-state index in [1.165, 1.54) is 11.1 Å². The Labute approximate surface area is 103 Å². The molecule has 1 N–H and O–H groups in total. The summed E-state index contributed by atoms with van der Waals surface area (Å²) in [5.74, 6) is 0.320. The van der Waals surface area contributed by atoms with Gasteiger partial charge in [0.05, 0.1) is 0 Å². The number of phenolic OH excluding ortho intramolecular Hbond substituents is 1. The van der Waals surface area contributed by atoms with Gasteiger partial charge in [0.1, 0.15) is 5.75 Å². The smallest absolute Gasteiger partial charge is 0.115 e. The second-order valence-electron chi connectivity index (χ2n) is 5.02. The van der Waals surface area contributed by atoms with E-state index in [4.69, 9.17) is 0 Å². The molecular formula is C16H17O. The average molecular weight is 225 g/mol. The maximum Gasteiger partial charge on any atom is 0.115 e. The second-order valence-corrected chi connectivity index (χ2v) is 5.02. The fourth-order valence-corrected chi connectivity index (χ4v) is 2.06. The highest BCUT2D eigenvalue weighted by Crippen LogP contribution is 2.27. The third kappa shape index (κ3) is 2.88. The van der Waals surface area contributed by atoms with Crippen LogP contribution in [0.4, 0.5) is 0 Å². The molecule has 0 spiro atoms. The molecule has 0 heterocycles. The van der Waals surface area contributed by atoms with Crippen molar-refractivity contribution >= 4 is 0 Å². The van der Waals surface area contributed by atoms with Crippen LogP contribution in [0.1, 0.15) is 25.0 Å². The van der Waals surface area contributed by atoms with Gasteiger partial charge in [0.2, 0.25) is 0 Å². The normalized spacial score (nSPS) is 11.4. The first-order valence-corrected chi connectivity index (χ1v) is 5.82. The number of rotatable bonds is 3. The van der Waals surface area contributed by atoms with Gasteiger partial charge < -0.3 is 5.11 Å². The molecule has 0 atom stereocenters. The zero-order chi connectivity index (χ0) is 12.3. The molecule has 0 saturated heterocycles. The Morgan fingerprint density at radius 1 is 1.00 bits per heavy atom. The van der Waals surface area contributed by atoms with Crippen LogP contribution in [-0.4, -0.2) is 5.11 Å². The third-order valence-corrected chi connectivity index (χ3v) is 3.08. The van der Waals surface area contributed by atoms with E-state index >= 15 is 0 Å². The van der Waals surface area contributed by atoms with E-state index in [1.54, 1.807) is 12.1 Å². The summed E-state index contributed by atoms with van der Waals surface area (Å²) in [5, 5.41) is 9.27. The Morgan fingerprint density at radius 2 is 1.59 bits per heavy atom. The lowest BCUT2D eigenvalue weighted by Crippen LogP contribution is -2.20. The highest BCUT2D eigenvalue weighted by atomic mass is 16.3. The SMILES string of the molecule is CC(C)(Cc1ccc(O)cc1)c1cc[c]cc1. The van der Waals surface area contributed by atoms with Gasteiger partial charge in [-0.3, -0.25) is 0 Å². The van der Waals surface area contributed by atoms with Crippen molar-refractivity contribution in [1.29, 1.82) is 0 Å². The standard InChI is InChI=1S/C16H17O/c1-16(2,14-6-4-3-5-7-14)12-13-8-10-15(17)11-9-13/h4-11,17H,12H2,1-2H3. The molecular weight excluding hydrogens is 208 g/mol. The first kappa shape index (κ1) is 11.7. The topological polar surface area (TPSA) is 20.2 Å². The molecule has 0 aliphatic carbocycles. The maximum absolute atomic E-state index is 9.27. The minimum Gasteiger partial charge on any atom is -0.508 e. The van der Waals surface area contributed by atoms with Crippen molar-refractivity contribution in [2.24, 2.45) is 0 Å². The van der Waals surface area contributed by atoms with Crippen molar-refractivity contribution in [2.45, 2.75) is 25.7 Å². The molecule has 2 rings (SSSR count). The monoisotopic (exact) mass is 225 g/mol. The summed E-state index contributed by atoms with van der Waals surface area (Å²) in [6.07, 6.45) is 0.956. The molecule has 0 saturated carbocycles. The van der Waals surface area contributed by atoms with E-state index in [9.17, 15) is 5.11 Å². The lowest BCUT2D eigenvalue weighted by atomic mass is 9.79. The van der Waals surface area contributed by atoms with Crippen molar-refractivity contribution in [1.82, 2.24) is 0 Å². The summed E-state index contributed by atoms with van der Waals surface area (Å²) in [4.78, 5) is 0. The van der Waals surface area contributed by atoms with Crippen LogP contribution < -0.4 is 0 Å². The van der Waals surface area contributed by atoms with E-state index in [-0.39, 0.29) is 5.41 Å². The Kier molecular flexibility index (Phi) is 3.19. The largest absolute Gasteiger partial charge is 0.508 e. The van der Waals surface area contributed by atoms with Gasteiger partial charge in [-0.15, -0.1) is 0 Å². The van der Waals surface area contributed by atoms with E-state index in [2.05, 4.69) is 32.0 Å². The van der Waals surface area contributed by atoms with Crippen LogP contribution in [0.3, 0.4) is 0 Å². The van der Waals surface area contributed by atoms with Crippen LogP contribution in [-0.2, 0) is 11.8 Å². The number of aromatic hydroxyl groups is 1. The summed E-state index contributed by atoms with van der Waals surface area (Å²) < 4.78 is 0. The predicted molar refractivity (Wildman–Crippen MR) is 70.1 cm³/mol. The Bertz CT molecular complexity index is 469. The van der Waals surface area contributed by atoms with Crippen molar-refractivity contribution in [3.63, 3.8) is 0 Å². The van der Waals surface area contributed by atoms with Crippen LogP contribution in [0.5, 0.6) is 5.75 Å². The lowest BCUT2D eigenvalue weighted by Gasteiger charge is -2.25. The molecule has 1 heteroatoms. The molecule has 17 heavy (non-hydrogen) atoms. The molecule has 0 aliphatic rings. The Hall–Kier alpha value is -1.76. The van der Waals surface area contributed by atoms with E-state index in [0.717, 1.165) is 6.42 Å². The molecule has 2 aromatic rings. The van der Waals surface area contributed by atoms with Crippen LogP contribution in [0, 0.1) is 6.07 Å². The summed E-state index contributed by atoms with van der Waals surface area (Å²) in [6, 6.07) is 18.6. The first-order valence-electron chi connectivity index (χ1n) is 5.82. The van der Waals surface area contributed by atoms with Crippen LogP contribution in [0.2, 0.25) is 0 Å². The summed E-state index contributed by atoms with van der Waals surface area (Å²) in [6.45, 7) is 4.46. The van der Waals surface area contributed by atoms with Gasteiger partial charge in [-0.05, 0) is 41.2 Å². The first-order chi connectivity index (χ1) is 8.08. The highest BCUT2D eigenvalue weighted by Gasteiger charge is 2.20. The van der Waals surface area contributed by atoms with Gasteiger partial charge in [0.25, 0.3) is 0 Å². The zero-order valence-corrected chi connectivity index (χ0v) is 10.3. The number of benzene rings is 2. The van der Waals surface area contributed by atoms with Crippen molar-refractivity contribution in [3.05, 3.63) is 65.7 Å². The molecule has 2 aromatic carbocycles. The zero-order valence-electron chi connectivity index (χ0n) is 10.3.